The minimum absolute atomic E-state index is 0.193. The summed E-state index contributed by atoms with van der Waals surface area (Å²) in [6, 6.07) is 12.8. The van der Waals surface area contributed by atoms with Crippen LogP contribution in [-0.2, 0) is 6.54 Å². The molecular weight excluding hydrogens is 446 g/mol. The summed E-state index contributed by atoms with van der Waals surface area (Å²) in [5.74, 6) is 2.01. The standard InChI is InChI=1S/C26H30ClN7/c27-26-30-24(28)23-21(22-10-13-33(32-22)15-17-4-2-1-3-5-17)16-34(25(23)31-26)20-7-6-19(14-20)18-8-11-29-12-9-18/h1-5,10,13,16,18-20,29H,6-9,11-12,14-15H2,(H2,28,30,31). The number of piperidine rings is 1. The van der Waals surface area contributed by atoms with Crippen molar-refractivity contribution in [3.8, 4) is 11.3 Å². The Hall–Kier alpha value is -2.90. The van der Waals surface area contributed by atoms with Crippen LogP contribution in [0.4, 0.5) is 5.82 Å². The first-order valence-electron chi connectivity index (χ1n) is 12.3. The zero-order chi connectivity index (χ0) is 23.1. The highest BCUT2D eigenvalue weighted by molar-refractivity contribution is 6.29. The van der Waals surface area contributed by atoms with E-state index >= 15 is 0 Å². The fraction of sp³-hybridized carbons (Fsp3) is 0.423. The Morgan fingerprint density at radius 3 is 2.65 bits per heavy atom. The van der Waals surface area contributed by atoms with Crippen molar-refractivity contribution in [3.05, 3.63) is 59.6 Å². The van der Waals surface area contributed by atoms with E-state index in [0.717, 1.165) is 60.2 Å². The van der Waals surface area contributed by atoms with Gasteiger partial charge in [0.25, 0.3) is 0 Å². The molecule has 8 heteroatoms. The first kappa shape index (κ1) is 21.6. The summed E-state index contributed by atoms with van der Waals surface area (Å²) in [6.07, 6.45) is 10.4. The van der Waals surface area contributed by atoms with Gasteiger partial charge in [-0.15, -0.1) is 0 Å². The molecule has 1 aromatic carbocycles. The van der Waals surface area contributed by atoms with Crippen molar-refractivity contribution in [2.45, 2.75) is 44.7 Å². The van der Waals surface area contributed by atoms with Crippen molar-refractivity contribution in [2.75, 3.05) is 18.8 Å². The second-order valence-electron chi connectivity index (χ2n) is 9.73. The topological polar surface area (TPSA) is 86.6 Å². The number of hydrogen-bond donors (Lipinski definition) is 2. The van der Waals surface area contributed by atoms with Gasteiger partial charge in [0.05, 0.1) is 17.6 Å². The molecule has 1 aliphatic carbocycles. The quantitative estimate of drug-likeness (QED) is 0.400. The normalized spacial score (nSPS) is 21.4. The average Bonchev–Trinajstić information content (AvgIpc) is 3.59. The van der Waals surface area contributed by atoms with Crippen LogP contribution in [0.3, 0.4) is 0 Å². The molecule has 4 aromatic rings. The van der Waals surface area contributed by atoms with E-state index in [9.17, 15) is 0 Å². The van der Waals surface area contributed by atoms with Crippen LogP contribution in [0.5, 0.6) is 0 Å². The number of nitrogens with zero attached hydrogens (tertiary/aromatic N) is 5. The van der Waals surface area contributed by atoms with E-state index in [2.05, 4.69) is 38.2 Å². The van der Waals surface area contributed by atoms with Gasteiger partial charge in [-0.25, -0.2) is 4.98 Å². The number of halogens is 1. The lowest BCUT2D eigenvalue weighted by Gasteiger charge is -2.28. The number of nitrogen functional groups attached to an aromatic ring is 1. The van der Waals surface area contributed by atoms with E-state index in [1.165, 1.54) is 31.2 Å². The minimum atomic E-state index is 0.193. The summed E-state index contributed by atoms with van der Waals surface area (Å²) in [5.41, 5.74) is 10.3. The molecule has 3 N–H and O–H groups in total. The third-order valence-corrected chi connectivity index (χ3v) is 7.84. The van der Waals surface area contributed by atoms with Crippen LogP contribution >= 0.6 is 11.6 Å². The van der Waals surface area contributed by atoms with Gasteiger partial charge in [-0.1, -0.05) is 30.3 Å². The Morgan fingerprint density at radius 2 is 1.82 bits per heavy atom. The predicted molar refractivity (Wildman–Crippen MR) is 136 cm³/mol. The highest BCUT2D eigenvalue weighted by Gasteiger charge is 2.34. The lowest BCUT2D eigenvalue weighted by Crippen LogP contribution is -2.31. The molecule has 6 rings (SSSR count). The summed E-state index contributed by atoms with van der Waals surface area (Å²) in [7, 11) is 0. The molecule has 2 atom stereocenters. The van der Waals surface area contributed by atoms with Gasteiger partial charge >= 0.3 is 0 Å². The van der Waals surface area contributed by atoms with Crippen LogP contribution < -0.4 is 11.1 Å². The molecule has 2 unspecified atom stereocenters. The molecule has 0 bridgehead atoms. The monoisotopic (exact) mass is 475 g/mol. The zero-order valence-electron chi connectivity index (χ0n) is 19.2. The summed E-state index contributed by atoms with van der Waals surface area (Å²) >= 11 is 6.26. The Morgan fingerprint density at radius 1 is 1.00 bits per heavy atom. The molecule has 2 aliphatic rings. The van der Waals surface area contributed by atoms with E-state index < -0.39 is 0 Å². The number of rotatable bonds is 5. The summed E-state index contributed by atoms with van der Waals surface area (Å²) < 4.78 is 4.26. The third-order valence-electron chi connectivity index (χ3n) is 7.67. The van der Waals surface area contributed by atoms with Gasteiger partial charge < -0.3 is 15.6 Å². The average molecular weight is 476 g/mol. The highest BCUT2D eigenvalue weighted by Crippen LogP contribution is 2.44. The maximum atomic E-state index is 6.39. The van der Waals surface area contributed by atoms with Gasteiger partial charge in [-0.05, 0) is 80.3 Å². The number of benzene rings is 1. The van der Waals surface area contributed by atoms with E-state index in [4.69, 9.17) is 22.4 Å². The second-order valence-corrected chi connectivity index (χ2v) is 10.1. The lowest BCUT2D eigenvalue weighted by atomic mass is 9.84. The molecule has 3 aromatic heterocycles. The van der Waals surface area contributed by atoms with E-state index in [1.807, 2.05) is 35.1 Å². The molecular formula is C26H30ClN7. The first-order valence-corrected chi connectivity index (χ1v) is 12.7. The highest BCUT2D eigenvalue weighted by atomic mass is 35.5. The van der Waals surface area contributed by atoms with Crippen LogP contribution in [0.15, 0.2) is 48.8 Å². The number of aromatic nitrogens is 5. The van der Waals surface area contributed by atoms with Gasteiger partial charge in [0, 0.05) is 24.0 Å². The smallest absolute Gasteiger partial charge is 0.226 e. The van der Waals surface area contributed by atoms with Gasteiger partial charge in [-0.3, -0.25) is 4.68 Å². The summed E-state index contributed by atoms with van der Waals surface area (Å²) in [6.45, 7) is 3.01. The van der Waals surface area contributed by atoms with Crippen molar-refractivity contribution in [1.29, 1.82) is 0 Å². The molecule has 1 saturated carbocycles. The van der Waals surface area contributed by atoms with Crippen molar-refractivity contribution in [3.63, 3.8) is 0 Å². The predicted octanol–water partition coefficient (Wildman–Crippen LogP) is 4.92. The molecule has 1 saturated heterocycles. The minimum Gasteiger partial charge on any atom is -0.383 e. The number of fused-ring (bicyclic) bond motifs is 1. The molecule has 2 fully saturated rings. The van der Waals surface area contributed by atoms with Gasteiger partial charge in [0.15, 0.2) is 0 Å². The van der Waals surface area contributed by atoms with Gasteiger partial charge in [0.2, 0.25) is 5.28 Å². The van der Waals surface area contributed by atoms with Crippen molar-refractivity contribution in [1.82, 2.24) is 29.6 Å². The van der Waals surface area contributed by atoms with Crippen LogP contribution in [0.1, 0.15) is 43.7 Å². The molecule has 0 radical (unpaired) electrons. The first-order chi connectivity index (χ1) is 16.7. The van der Waals surface area contributed by atoms with Gasteiger partial charge in [0.1, 0.15) is 11.5 Å². The molecule has 176 valence electrons. The van der Waals surface area contributed by atoms with Crippen molar-refractivity contribution >= 4 is 28.5 Å². The molecule has 4 heterocycles. The molecule has 1 aliphatic heterocycles. The van der Waals surface area contributed by atoms with Crippen LogP contribution in [0.2, 0.25) is 5.28 Å². The number of nitrogens with one attached hydrogen (secondary N) is 1. The fourth-order valence-corrected chi connectivity index (χ4v) is 6.14. The number of hydrogen-bond acceptors (Lipinski definition) is 5. The maximum Gasteiger partial charge on any atom is 0.226 e. The second kappa shape index (κ2) is 9.04. The Bertz CT molecular complexity index is 1290. The fourth-order valence-electron chi connectivity index (χ4n) is 5.97. The number of anilines is 1. The SMILES string of the molecule is Nc1nc(Cl)nc2c1c(-c1ccn(Cc3ccccc3)n1)cn2C1CCC(C2CCNCC2)C1. The Kier molecular flexibility index (Phi) is 5.75. The summed E-state index contributed by atoms with van der Waals surface area (Å²) in [5, 5.41) is 9.41. The number of nitrogens with two attached hydrogens (primary N) is 1. The molecule has 0 amide bonds. The lowest BCUT2D eigenvalue weighted by molar-refractivity contribution is 0.257. The van der Waals surface area contributed by atoms with E-state index in [0.29, 0.717) is 11.9 Å². The summed E-state index contributed by atoms with van der Waals surface area (Å²) in [4.78, 5) is 8.90. The zero-order valence-corrected chi connectivity index (χ0v) is 20.0. The van der Waals surface area contributed by atoms with E-state index in [-0.39, 0.29) is 5.28 Å². The van der Waals surface area contributed by atoms with E-state index in [1.54, 1.807) is 0 Å². The Balaban J connectivity index is 1.34. The largest absolute Gasteiger partial charge is 0.383 e. The van der Waals surface area contributed by atoms with Crippen molar-refractivity contribution < 1.29 is 0 Å². The molecule has 7 nitrogen and oxygen atoms in total. The maximum absolute atomic E-state index is 6.39. The van der Waals surface area contributed by atoms with Crippen LogP contribution in [-0.4, -0.2) is 37.4 Å². The van der Waals surface area contributed by atoms with Crippen LogP contribution in [0.25, 0.3) is 22.3 Å². The molecule has 34 heavy (non-hydrogen) atoms. The van der Waals surface area contributed by atoms with Crippen LogP contribution in [0, 0.1) is 11.8 Å². The molecule has 0 spiro atoms. The Labute approximate surface area is 204 Å². The third kappa shape index (κ3) is 4.07. The van der Waals surface area contributed by atoms with Gasteiger partial charge in [-0.2, -0.15) is 10.1 Å². The van der Waals surface area contributed by atoms with Crippen molar-refractivity contribution in [2.24, 2.45) is 11.8 Å².